The zero-order valence-electron chi connectivity index (χ0n) is 21.0. The number of alkyl halides is 3. The summed E-state index contributed by atoms with van der Waals surface area (Å²) in [4.78, 5) is 20.0. The highest BCUT2D eigenvalue weighted by Gasteiger charge is 2.31. The van der Waals surface area contributed by atoms with Crippen LogP contribution in [0.25, 0.3) is 0 Å². The molecule has 8 nitrogen and oxygen atoms in total. The van der Waals surface area contributed by atoms with Crippen LogP contribution >= 0.6 is 11.6 Å². The molecule has 2 aromatic carbocycles. The maximum atomic E-state index is 13.2. The molecule has 0 aliphatic carbocycles. The molecule has 0 atom stereocenters. The minimum Gasteiger partial charge on any atom is -0.368 e. The molecular weight excluding hydrogens is 555 g/mol. The molecule has 0 bridgehead atoms. The third-order valence-electron chi connectivity index (χ3n) is 5.98. The summed E-state index contributed by atoms with van der Waals surface area (Å²) in [7, 11) is -0.861. The van der Waals surface area contributed by atoms with E-state index in [4.69, 9.17) is 11.6 Å². The van der Waals surface area contributed by atoms with Crippen molar-refractivity contribution in [1.29, 1.82) is 0 Å². The number of carbonyl (C=O) groups is 1. The third kappa shape index (κ3) is 6.87. The predicted octanol–water partition coefficient (Wildman–Crippen LogP) is 4.78. The summed E-state index contributed by atoms with van der Waals surface area (Å²) in [6, 6.07) is 12.1. The second-order valence-electron chi connectivity index (χ2n) is 9.16. The molecule has 13 heteroatoms. The number of halogens is 4. The van der Waals surface area contributed by atoms with E-state index in [1.165, 1.54) is 23.4 Å². The number of nitrogens with one attached hydrogen (secondary N) is 1. The first-order valence-corrected chi connectivity index (χ1v) is 13.6. The van der Waals surface area contributed by atoms with E-state index in [1.54, 1.807) is 49.3 Å². The van der Waals surface area contributed by atoms with Gasteiger partial charge in [-0.05, 0) is 53.4 Å². The number of sulfonamides is 1. The Balaban J connectivity index is 1.68. The molecule has 0 saturated heterocycles. The highest BCUT2D eigenvalue weighted by atomic mass is 35.5. The minimum absolute atomic E-state index is 0.0285. The molecule has 3 aromatic rings. The smallest absolute Gasteiger partial charge is 0.368 e. The Bertz CT molecular complexity index is 1510. The lowest BCUT2D eigenvalue weighted by Gasteiger charge is -2.31. The van der Waals surface area contributed by atoms with Gasteiger partial charge in [-0.3, -0.25) is 4.79 Å². The summed E-state index contributed by atoms with van der Waals surface area (Å²) in [5, 5.41) is 3.17. The number of amides is 1. The number of carbonyl (C=O) groups excluding carboxylic acids is 1. The zero-order chi connectivity index (χ0) is 28.4. The normalized spacial score (nSPS) is 13.8. The van der Waals surface area contributed by atoms with Gasteiger partial charge >= 0.3 is 6.18 Å². The van der Waals surface area contributed by atoms with Crippen LogP contribution in [0.3, 0.4) is 0 Å². The van der Waals surface area contributed by atoms with Crippen LogP contribution in [0.15, 0.2) is 64.0 Å². The van der Waals surface area contributed by atoms with Crippen molar-refractivity contribution in [3.63, 3.8) is 0 Å². The lowest BCUT2D eigenvalue weighted by atomic mass is 9.98. The summed E-state index contributed by atoms with van der Waals surface area (Å²) in [6.45, 7) is 0.491. The summed E-state index contributed by atoms with van der Waals surface area (Å²) in [5.41, 5.74) is 1.10. The van der Waals surface area contributed by atoms with Crippen molar-refractivity contribution in [3.8, 4) is 0 Å². The largest absolute Gasteiger partial charge is 0.417 e. The number of hydrogen-bond donors (Lipinski definition) is 1. The van der Waals surface area contributed by atoms with Crippen LogP contribution in [-0.2, 0) is 40.4 Å². The SMILES string of the molecule is CN(C)C=NS(=O)(=O)c1cc(NC(=O)Cc2ccccc2Cl)cc2c1CCN(c1ccc(C(F)(F)F)cn1)C2. The second-order valence-corrected chi connectivity index (χ2v) is 11.2. The maximum absolute atomic E-state index is 13.2. The zero-order valence-corrected chi connectivity index (χ0v) is 22.6. The highest BCUT2D eigenvalue weighted by molar-refractivity contribution is 7.90. The van der Waals surface area contributed by atoms with Gasteiger partial charge < -0.3 is 15.1 Å². The van der Waals surface area contributed by atoms with E-state index in [0.717, 1.165) is 12.3 Å². The number of hydrogen-bond acceptors (Lipinski definition) is 5. The summed E-state index contributed by atoms with van der Waals surface area (Å²) in [6.07, 6.45) is -2.32. The van der Waals surface area contributed by atoms with Gasteiger partial charge in [0.2, 0.25) is 5.91 Å². The molecule has 206 valence electrons. The number of benzene rings is 2. The van der Waals surface area contributed by atoms with Crippen molar-refractivity contribution in [2.75, 3.05) is 30.9 Å². The van der Waals surface area contributed by atoms with Gasteiger partial charge in [0.1, 0.15) is 12.2 Å². The number of anilines is 2. The molecule has 0 unspecified atom stereocenters. The fourth-order valence-corrected chi connectivity index (χ4v) is 5.58. The lowest BCUT2D eigenvalue weighted by molar-refractivity contribution is -0.137. The van der Waals surface area contributed by atoms with Gasteiger partial charge in [0.15, 0.2) is 0 Å². The Hall–Kier alpha value is -3.64. The van der Waals surface area contributed by atoms with E-state index in [1.807, 2.05) is 0 Å². The quantitative estimate of drug-likeness (QED) is 0.320. The van der Waals surface area contributed by atoms with E-state index in [2.05, 4.69) is 14.7 Å². The molecule has 0 radical (unpaired) electrons. The molecular formula is C26H25ClF3N5O3S. The number of rotatable bonds is 7. The van der Waals surface area contributed by atoms with Crippen molar-refractivity contribution in [2.24, 2.45) is 4.40 Å². The Morgan fingerprint density at radius 1 is 1.21 bits per heavy atom. The van der Waals surface area contributed by atoms with Crippen LogP contribution in [0.5, 0.6) is 0 Å². The van der Waals surface area contributed by atoms with Gasteiger partial charge in [-0.1, -0.05) is 29.8 Å². The van der Waals surface area contributed by atoms with Crippen LogP contribution in [0.2, 0.25) is 5.02 Å². The fraction of sp³-hybridized carbons (Fsp3) is 0.269. The van der Waals surface area contributed by atoms with Crippen LogP contribution < -0.4 is 10.2 Å². The number of fused-ring (bicyclic) bond motifs is 1. The van der Waals surface area contributed by atoms with Crippen molar-refractivity contribution in [2.45, 2.75) is 30.5 Å². The number of pyridine rings is 1. The van der Waals surface area contributed by atoms with E-state index < -0.39 is 27.7 Å². The summed E-state index contributed by atoms with van der Waals surface area (Å²) < 4.78 is 69.0. The van der Waals surface area contributed by atoms with Crippen molar-refractivity contribution >= 4 is 45.4 Å². The Kier molecular flexibility index (Phi) is 8.17. The third-order valence-corrected chi connectivity index (χ3v) is 7.64. The number of nitrogens with zero attached hydrogens (tertiary/aromatic N) is 4. The Labute approximate surface area is 229 Å². The lowest BCUT2D eigenvalue weighted by Crippen LogP contribution is -2.32. The standard InChI is InChI=1S/C26H25ClF3N5O3S/c1-34(2)16-32-39(37,38)23-13-20(33-25(36)12-17-5-3-4-6-22(17)27)11-18-15-35(10-9-21(18)23)24-8-7-19(14-31-24)26(28,29)30/h3-8,11,13-14,16H,9-10,12,15H2,1-2H3,(H,33,36). The molecule has 0 spiro atoms. The van der Waals surface area contributed by atoms with Crippen molar-refractivity contribution in [1.82, 2.24) is 9.88 Å². The van der Waals surface area contributed by atoms with Gasteiger partial charge in [-0.25, -0.2) is 4.98 Å². The van der Waals surface area contributed by atoms with Crippen LogP contribution in [-0.4, -0.2) is 51.2 Å². The molecule has 1 aliphatic rings. The Morgan fingerprint density at radius 2 is 1.95 bits per heavy atom. The van der Waals surface area contributed by atoms with E-state index >= 15 is 0 Å². The van der Waals surface area contributed by atoms with E-state index in [-0.39, 0.29) is 30.0 Å². The van der Waals surface area contributed by atoms with Crippen molar-refractivity contribution < 1.29 is 26.4 Å². The molecule has 0 saturated carbocycles. The highest BCUT2D eigenvalue weighted by Crippen LogP contribution is 2.34. The topological polar surface area (TPSA) is 95.0 Å². The Morgan fingerprint density at radius 3 is 2.59 bits per heavy atom. The maximum Gasteiger partial charge on any atom is 0.417 e. The van der Waals surface area contributed by atoms with Gasteiger partial charge in [0.05, 0.1) is 16.9 Å². The molecule has 1 aromatic heterocycles. The van der Waals surface area contributed by atoms with Gasteiger partial charge in [-0.15, -0.1) is 4.40 Å². The molecule has 2 heterocycles. The van der Waals surface area contributed by atoms with Crippen molar-refractivity contribution in [3.05, 3.63) is 82.0 Å². The molecule has 1 N–H and O–H groups in total. The van der Waals surface area contributed by atoms with Gasteiger partial charge in [0.25, 0.3) is 10.0 Å². The molecule has 0 fully saturated rings. The average molecular weight is 580 g/mol. The first-order chi connectivity index (χ1) is 18.3. The summed E-state index contributed by atoms with van der Waals surface area (Å²) >= 11 is 6.17. The number of aromatic nitrogens is 1. The van der Waals surface area contributed by atoms with Crippen LogP contribution in [0.1, 0.15) is 22.3 Å². The molecule has 4 rings (SSSR count). The minimum atomic E-state index is -4.51. The van der Waals surface area contributed by atoms with Crippen LogP contribution in [0, 0.1) is 0 Å². The van der Waals surface area contributed by atoms with E-state index in [9.17, 15) is 26.4 Å². The van der Waals surface area contributed by atoms with Gasteiger partial charge in [0, 0.05) is 44.1 Å². The first-order valence-electron chi connectivity index (χ1n) is 11.8. The predicted molar refractivity (Wildman–Crippen MR) is 144 cm³/mol. The molecule has 1 aliphatic heterocycles. The monoisotopic (exact) mass is 579 g/mol. The second kappa shape index (κ2) is 11.2. The van der Waals surface area contributed by atoms with E-state index in [0.29, 0.717) is 34.1 Å². The average Bonchev–Trinajstić information content (AvgIpc) is 2.87. The van der Waals surface area contributed by atoms with Crippen LogP contribution in [0.4, 0.5) is 24.7 Å². The molecule has 1 amide bonds. The molecule has 39 heavy (non-hydrogen) atoms. The first kappa shape index (κ1) is 28.4. The summed E-state index contributed by atoms with van der Waals surface area (Å²) in [5.74, 6) is -0.0860. The fourth-order valence-electron chi connectivity index (χ4n) is 4.13. The van der Waals surface area contributed by atoms with Gasteiger partial charge in [-0.2, -0.15) is 21.6 Å².